The number of esters is 1. The van der Waals surface area contributed by atoms with Crippen molar-refractivity contribution in [2.75, 3.05) is 57.9 Å². The van der Waals surface area contributed by atoms with Gasteiger partial charge in [0.1, 0.15) is 12.0 Å². The molecule has 0 radical (unpaired) electrons. The van der Waals surface area contributed by atoms with E-state index in [1.54, 1.807) is 13.1 Å². The Bertz CT molecular complexity index is 1950. The first kappa shape index (κ1) is 43.7. The van der Waals surface area contributed by atoms with E-state index in [0.29, 0.717) is 78.3 Å². The highest BCUT2D eigenvalue weighted by Crippen LogP contribution is 2.71. The Morgan fingerprint density at radius 2 is 1.68 bits per heavy atom. The molecule has 10 atom stereocenters. The van der Waals surface area contributed by atoms with Gasteiger partial charge in [0.2, 0.25) is 0 Å². The fraction of sp³-hybridized carbons (Fsp3) is 0.720. The second-order valence-corrected chi connectivity index (χ2v) is 22.9. The molecule has 60 heavy (non-hydrogen) atoms. The summed E-state index contributed by atoms with van der Waals surface area (Å²) in [5, 5.41) is 15.9. The van der Waals surface area contributed by atoms with E-state index in [2.05, 4.69) is 48.5 Å². The second-order valence-electron chi connectivity index (χ2n) is 20.6. The number of carbonyl (C=O) groups excluding carboxylic acids is 1. The van der Waals surface area contributed by atoms with Crippen LogP contribution in [0.5, 0.6) is 0 Å². The molecule has 5 fully saturated rings. The summed E-state index contributed by atoms with van der Waals surface area (Å²) in [6.07, 6.45) is 21.9. The highest BCUT2D eigenvalue weighted by molar-refractivity contribution is 7.91. The van der Waals surface area contributed by atoms with Gasteiger partial charge in [-0.05, 0) is 147 Å². The van der Waals surface area contributed by atoms with Crippen molar-refractivity contribution in [2.24, 2.45) is 51.8 Å². The number of rotatable bonds is 13. The maximum atomic E-state index is 13.7. The number of hydrogen-bond donors (Lipinski definition) is 3. The Kier molecular flexibility index (Phi) is 12.6. The van der Waals surface area contributed by atoms with Crippen LogP contribution in [0.1, 0.15) is 117 Å². The molecule has 6 aliphatic carbocycles. The van der Waals surface area contributed by atoms with Gasteiger partial charge in [-0.3, -0.25) is 4.79 Å². The maximum absolute atomic E-state index is 13.7. The molecule has 0 aromatic heterocycles. The number of allylic oxidation sites excluding steroid dienone is 5. The van der Waals surface area contributed by atoms with Gasteiger partial charge < -0.3 is 30.4 Å². The summed E-state index contributed by atoms with van der Waals surface area (Å²) in [5.74, 6) is 5.19. The molecule has 1 aromatic carbocycles. The monoisotopic (exact) mass is 843 g/mol. The number of nitrogens with one attached hydrogen (secondary N) is 3. The quantitative estimate of drug-likeness (QED) is 0.103. The number of sulfone groups is 1. The first-order valence-electron chi connectivity index (χ1n) is 23.7. The van der Waals surface area contributed by atoms with Crippen molar-refractivity contribution < 1.29 is 22.7 Å². The lowest BCUT2D eigenvalue weighted by molar-refractivity contribution is -0.166. The minimum Gasteiger partial charge on any atom is -0.478 e. The van der Waals surface area contributed by atoms with Gasteiger partial charge in [0.15, 0.2) is 15.7 Å². The van der Waals surface area contributed by atoms with E-state index >= 15 is 0 Å². The summed E-state index contributed by atoms with van der Waals surface area (Å²) >= 11 is 0. The van der Waals surface area contributed by atoms with Crippen LogP contribution in [0, 0.1) is 57.2 Å². The third-order valence-electron chi connectivity index (χ3n) is 17.9. The van der Waals surface area contributed by atoms with Crippen molar-refractivity contribution in [1.29, 1.82) is 5.41 Å². The highest BCUT2D eigenvalue weighted by atomic mass is 32.2. The largest absolute Gasteiger partial charge is 0.478 e. The average molecular weight is 843 g/mol. The van der Waals surface area contributed by atoms with Gasteiger partial charge in [-0.15, -0.1) is 0 Å². The van der Waals surface area contributed by atoms with Crippen LogP contribution in [0.15, 0.2) is 65.6 Å². The number of fused-ring (bicyclic) bond motifs is 7. The van der Waals surface area contributed by atoms with E-state index in [1.807, 2.05) is 37.3 Å². The molecule has 1 heterocycles. The van der Waals surface area contributed by atoms with Crippen LogP contribution >= 0.6 is 0 Å². The molecule has 0 spiro atoms. The van der Waals surface area contributed by atoms with Gasteiger partial charge in [0.05, 0.1) is 23.8 Å². The topological polar surface area (TPSA) is 121 Å². The molecule has 0 amide bonds. The van der Waals surface area contributed by atoms with Gasteiger partial charge >= 0.3 is 5.97 Å². The van der Waals surface area contributed by atoms with Gasteiger partial charge in [0, 0.05) is 44.8 Å². The van der Waals surface area contributed by atoms with Crippen LogP contribution in [0.4, 0.5) is 0 Å². The van der Waals surface area contributed by atoms with E-state index in [1.165, 1.54) is 68.9 Å². The lowest BCUT2D eigenvalue weighted by Crippen LogP contribution is -2.63. The number of ether oxygens (including phenoxy) is 2. The van der Waals surface area contributed by atoms with Gasteiger partial charge in [0.25, 0.3) is 0 Å². The minimum atomic E-state index is -2.84. The molecule has 8 rings (SSSR count). The van der Waals surface area contributed by atoms with E-state index in [9.17, 15) is 13.2 Å². The van der Waals surface area contributed by atoms with Crippen LogP contribution in [0.25, 0.3) is 0 Å². The van der Waals surface area contributed by atoms with Crippen molar-refractivity contribution in [3.8, 4) is 0 Å². The molecule has 1 aromatic rings. The highest BCUT2D eigenvalue weighted by Gasteiger charge is 2.64. The summed E-state index contributed by atoms with van der Waals surface area (Å²) in [7, 11) is -1.06. The van der Waals surface area contributed by atoms with Gasteiger partial charge in [-0.1, -0.05) is 69.7 Å². The number of carbonyl (C=O) groups is 1. The Balaban J connectivity index is 0.933. The summed E-state index contributed by atoms with van der Waals surface area (Å²) in [4.78, 5) is 16.0. The van der Waals surface area contributed by atoms with E-state index in [0.717, 1.165) is 55.2 Å². The van der Waals surface area contributed by atoms with Crippen molar-refractivity contribution in [3.63, 3.8) is 0 Å². The van der Waals surface area contributed by atoms with Crippen LogP contribution in [-0.4, -0.2) is 88.5 Å². The van der Waals surface area contributed by atoms with E-state index < -0.39 is 15.3 Å². The Hall–Kier alpha value is -2.95. The first-order valence-corrected chi connectivity index (χ1v) is 25.5. The van der Waals surface area contributed by atoms with Crippen LogP contribution in [-0.2, 0) is 24.1 Å². The van der Waals surface area contributed by atoms with Gasteiger partial charge in [-0.2, -0.15) is 0 Å². The van der Waals surface area contributed by atoms with Crippen molar-refractivity contribution in [2.45, 2.75) is 117 Å². The average Bonchev–Trinajstić information content (AvgIpc) is 3.68. The van der Waals surface area contributed by atoms with E-state index in [4.69, 9.17) is 14.9 Å². The predicted molar refractivity (Wildman–Crippen MR) is 240 cm³/mol. The first-order chi connectivity index (χ1) is 28.8. The third-order valence-corrected chi connectivity index (χ3v) is 19.5. The maximum Gasteiger partial charge on any atom is 0.315 e. The minimum absolute atomic E-state index is 0.195. The summed E-state index contributed by atoms with van der Waals surface area (Å²) in [6.45, 7) is 13.6. The van der Waals surface area contributed by atoms with Crippen LogP contribution in [0.3, 0.4) is 0 Å². The molecule has 4 saturated carbocycles. The van der Waals surface area contributed by atoms with Crippen molar-refractivity contribution >= 4 is 21.5 Å². The summed E-state index contributed by atoms with van der Waals surface area (Å²) in [5.41, 5.74) is 4.28. The molecule has 3 N–H and O–H groups in total. The molecule has 9 nitrogen and oxygen atoms in total. The molecule has 0 bridgehead atoms. The zero-order valence-electron chi connectivity index (χ0n) is 37.3. The molecular formula is C50H74N4O5S. The Morgan fingerprint density at radius 1 is 0.917 bits per heavy atom. The Labute approximate surface area is 361 Å². The fourth-order valence-corrected chi connectivity index (χ4v) is 16.0. The van der Waals surface area contributed by atoms with E-state index in [-0.39, 0.29) is 18.1 Å². The SMILES string of the molecule is CCOC(=O)C1(CO/C(=C/C(=N)c2ccccc2)NC)CC=C(C2=CC[C@@]3(C)C(CC[C@@]4(C)C5CC[C@@]6(NCCN7CCS(=O)(=O)CC7)CCCC6[C@H]5CCC34)C2C)CC1. The van der Waals surface area contributed by atoms with Crippen molar-refractivity contribution in [3.05, 3.63) is 71.2 Å². The van der Waals surface area contributed by atoms with Crippen molar-refractivity contribution in [1.82, 2.24) is 15.5 Å². The Morgan fingerprint density at radius 3 is 2.40 bits per heavy atom. The number of benzene rings is 1. The third kappa shape index (κ3) is 8.08. The lowest BCUT2D eigenvalue weighted by atomic mass is 9.38. The molecule has 1 aliphatic heterocycles. The summed E-state index contributed by atoms with van der Waals surface area (Å²) in [6, 6.07) is 9.61. The molecule has 10 heteroatoms. The fourth-order valence-electron chi connectivity index (χ4n) is 14.7. The zero-order valence-corrected chi connectivity index (χ0v) is 38.1. The predicted octanol–water partition coefficient (Wildman–Crippen LogP) is 8.48. The second kappa shape index (κ2) is 17.3. The normalized spacial score (nSPS) is 38.9. The molecular weight excluding hydrogens is 769 g/mol. The number of nitrogens with zero attached hydrogens (tertiary/aromatic N) is 1. The van der Waals surface area contributed by atoms with Crippen LogP contribution in [0.2, 0.25) is 0 Å². The smallest absolute Gasteiger partial charge is 0.315 e. The van der Waals surface area contributed by atoms with Crippen LogP contribution < -0.4 is 10.6 Å². The molecule has 6 unspecified atom stereocenters. The van der Waals surface area contributed by atoms with Gasteiger partial charge in [-0.25, -0.2) is 8.42 Å². The zero-order chi connectivity index (χ0) is 42.3. The lowest BCUT2D eigenvalue weighted by Gasteiger charge is -2.67. The standard InChI is InChI=1S/C50H74N4O5S/c1-6-58-46(55)49(34-59-45(52-5)33-43(51)37-11-8-7-9-12-37)24-16-36(17-25-49)38-18-22-47(3)40(35(38)2)19-23-48(4)41-20-26-50(21-10-13-42(50)39(41)14-15-44(47)48)53-27-28-54-29-31-60(56,57)32-30-54/h7-9,11-12,16,18,33,35,39-42,44,51-53H,6,10,13-15,17,19-32,34H2,1-5H3/b45-33+,51-43?/t35?,39-,40?,41?,42?,44?,47-,48-,49?,50-/m0/s1. The number of hydrogen-bond acceptors (Lipinski definition) is 9. The molecule has 1 saturated heterocycles. The summed E-state index contributed by atoms with van der Waals surface area (Å²) < 4.78 is 36.0. The molecule has 7 aliphatic rings. The molecule has 330 valence electrons.